The highest BCUT2D eigenvalue weighted by Crippen LogP contribution is 2.39. The minimum Gasteiger partial charge on any atom is -0.457 e. The van der Waals surface area contributed by atoms with Crippen molar-refractivity contribution in [3.8, 4) is 22.3 Å². The predicted molar refractivity (Wildman–Crippen MR) is 194 cm³/mol. The Morgan fingerprint density at radius 1 is 0.872 bits per heavy atom. The molecular formula is C41H54F2O3Si. The third-order valence-electron chi connectivity index (χ3n) is 10.2. The molecule has 4 rings (SSSR count). The Morgan fingerprint density at radius 3 is 2.13 bits per heavy atom. The molecule has 0 spiro atoms. The molecule has 0 radical (unpaired) electrons. The van der Waals surface area contributed by atoms with E-state index in [4.69, 9.17) is 4.74 Å². The SMILES string of the molecule is C=C(C)C(=O)OCc1cc(-c2ccc(-c3ccc(C4CCC(CCCCC)CC4)cc3)c(F)c2F)ccc1[Si](C)(C)CCCCCO. The van der Waals surface area contributed by atoms with Crippen LogP contribution in [0.3, 0.4) is 0 Å². The Hall–Kier alpha value is -3.09. The molecule has 254 valence electrons. The molecule has 0 atom stereocenters. The number of ether oxygens (including phenoxy) is 1. The van der Waals surface area contributed by atoms with Gasteiger partial charge in [-0.2, -0.15) is 0 Å². The second kappa shape index (κ2) is 17.3. The molecule has 1 aliphatic carbocycles. The average Bonchev–Trinajstić information content (AvgIpc) is 3.07. The van der Waals surface area contributed by atoms with Gasteiger partial charge < -0.3 is 9.84 Å². The summed E-state index contributed by atoms with van der Waals surface area (Å²) in [7, 11) is -1.97. The van der Waals surface area contributed by atoms with Gasteiger partial charge in [0.25, 0.3) is 0 Å². The molecule has 0 heterocycles. The lowest BCUT2D eigenvalue weighted by molar-refractivity contribution is -0.140. The first-order chi connectivity index (χ1) is 22.6. The van der Waals surface area contributed by atoms with E-state index in [0.29, 0.717) is 22.6 Å². The van der Waals surface area contributed by atoms with Gasteiger partial charge >= 0.3 is 5.97 Å². The normalized spacial score (nSPS) is 16.7. The van der Waals surface area contributed by atoms with Crippen molar-refractivity contribution >= 4 is 19.2 Å². The smallest absolute Gasteiger partial charge is 0.333 e. The number of unbranched alkanes of at least 4 members (excludes halogenated alkanes) is 4. The molecule has 0 unspecified atom stereocenters. The van der Waals surface area contributed by atoms with Crippen molar-refractivity contribution in [1.82, 2.24) is 0 Å². The first-order valence-electron chi connectivity index (χ1n) is 17.7. The van der Waals surface area contributed by atoms with E-state index in [1.54, 1.807) is 19.1 Å². The minimum absolute atomic E-state index is 0.0387. The van der Waals surface area contributed by atoms with E-state index >= 15 is 8.78 Å². The standard InChI is InChI=1S/C41H54F2O3Si/c1-6-7-9-12-30-13-15-31(16-14-30)32-17-19-33(20-18-32)36-22-23-37(40(43)39(36)42)34-21-24-38(47(4,5)26-11-8-10-25-44)35(27-34)28-46-41(45)29(2)3/h17-24,27,30-31,44H,2,6-16,25-26,28H2,1,3-5H3. The Kier molecular flexibility index (Phi) is 13.6. The first-order valence-corrected chi connectivity index (χ1v) is 20.9. The van der Waals surface area contributed by atoms with E-state index in [-0.39, 0.29) is 24.3 Å². The number of carbonyl (C=O) groups is 1. The summed E-state index contributed by atoms with van der Waals surface area (Å²) in [6.45, 7) is 12.3. The Morgan fingerprint density at radius 2 is 1.51 bits per heavy atom. The average molecular weight is 661 g/mol. The quantitative estimate of drug-likeness (QED) is 0.0720. The zero-order valence-corrected chi connectivity index (χ0v) is 30.0. The Balaban J connectivity index is 1.54. The zero-order valence-electron chi connectivity index (χ0n) is 29.0. The van der Waals surface area contributed by atoms with Gasteiger partial charge in [-0.1, -0.05) is 125 Å². The highest BCUT2D eigenvalue weighted by molar-refractivity contribution is 6.90. The molecule has 3 aromatic rings. The third kappa shape index (κ3) is 9.73. The van der Waals surface area contributed by atoms with Gasteiger partial charge in [0.05, 0.1) is 8.07 Å². The second-order valence-electron chi connectivity index (χ2n) is 14.3. The number of aliphatic hydroxyl groups excluding tert-OH is 1. The molecule has 3 aromatic carbocycles. The largest absolute Gasteiger partial charge is 0.457 e. The predicted octanol–water partition coefficient (Wildman–Crippen LogP) is 10.9. The van der Waals surface area contributed by atoms with E-state index in [2.05, 4.69) is 38.7 Å². The summed E-state index contributed by atoms with van der Waals surface area (Å²) in [6.07, 6.45) is 13.0. The van der Waals surface area contributed by atoms with E-state index < -0.39 is 25.7 Å². The number of rotatable bonds is 16. The van der Waals surface area contributed by atoms with Gasteiger partial charge in [0.1, 0.15) is 6.61 Å². The monoisotopic (exact) mass is 660 g/mol. The summed E-state index contributed by atoms with van der Waals surface area (Å²) in [6, 6.07) is 18.1. The molecule has 0 saturated heterocycles. The molecule has 3 nitrogen and oxygen atoms in total. The van der Waals surface area contributed by atoms with E-state index in [9.17, 15) is 9.90 Å². The van der Waals surface area contributed by atoms with Gasteiger partial charge in [-0.25, -0.2) is 13.6 Å². The topological polar surface area (TPSA) is 46.5 Å². The number of esters is 1. The maximum absolute atomic E-state index is 15.8. The number of aliphatic hydroxyl groups is 1. The van der Waals surface area contributed by atoms with Crippen molar-refractivity contribution in [2.45, 2.75) is 116 Å². The summed E-state index contributed by atoms with van der Waals surface area (Å²) in [5.74, 6) is -0.837. The van der Waals surface area contributed by atoms with Crippen LogP contribution in [-0.4, -0.2) is 25.8 Å². The van der Waals surface area contributed by atoms with Crippen molar-refractivity contribution in [3.63, 3.8) is 0 Å². The minimum atomic E-state index is -1.97. The number of hydrogen-bond acceptors (Lipinski definition) is 3. The number of carbonyl (C=O) groups excluding carboxylic acids is 1. The van der Waals surface area contributed by atoms with Crippen molar-refractivity contribution in [1.29, 1.82) is 0 Å². The molecule has 0 amide bonds. The van der Waals surface area contributed by atoms with Crippen molar-refractivity contribution in [3.05, 3.63) is 89.5 Å². The fraction of sp³-hybridized carbons (Fsp3) is 0.488. The molecule has 1 saturated carbocycles. The number of benzene rings is 3. The lowest BCUT2D eigenvalue weighted by Gasteiger charge is -2.29. The van der Waals surface area contributed by atoms with Crippen LogP contribution in [-0.2, 0) is 16.1 Å². The van der Waals surface area contributed by atoms with E-state index in [0.717, 1.165) is 42.0 Å². The van der Waals surface area contributed by atoms with Gasteiger partial charge in [0, 0.05) is 23.3 Å². The van der Waals surface area contributed by atoms with Gasteiger partial charge in [0.2, 0.25) is 0 Å². The van der Waals surface area contributed by atoms with Crippen molar-refractivity contribution in [2.24, 2.45) is 5.92 Å². The fourth-order valence-corrected chi connectivity index (χ4v) is 10.1. The maximum atomic E-state index is 15.8. The summed E-state index contributed by atoms with van der Waals surface area (Å²) < 4.78 is 37.1. The summed E-state index contributed by atoms with van der Waals surface area (Å²) in [4.78, 5) is 12.3. The molecule has 1 fully saturated rings. The molecule has 47 heavy (non-hydrogen) atoms. The Bertz CT molecular complexity index is 1490. The van der Waals surface area contributed by atoms with Crippen molar-refractivity contribution < 1.29 is 23.4 Å². The van der Waals surface area contributed by atoms with Crippen LogP contribution < -0.4 is 5.19 Å². The molecular weight excluding hydrogens is 607 g/mol. The van der Waals surface area contributed by atoms with Gasteiger partial charge in [0.15, 0.2) is 11.6 Å². The molecule has 0 aromatic heterocycles. The van der Waals surface area contributed by atoms with Crippen LogP contribution in [0.4, 0.5) is 8.78 Å². The second-order valence-corrected chi connectivity index (χ2v) is 19.1. The van der Waals surface area contributed by atoms with Gasteiger partial charge in [-0.05, 0) is 79.2 Å². The van der Waals surface area contributed by atoms with Crippen LogP contribution >= 0.6 is 0 Å². The third-order valence-corrected chi connectivity index (χ3v) is 13.7. The molecule has 0 aliphatic heterocycles. The summed E-state index contributed by atoms with van der Waals surface area (Å²) in [5, 5.41) is 10.3. The lowest BCUT2D eigenvalue weighted by atomic mass is 9.77. The van der Waals surface area contributed by atoms with E-state index in [1.165, 1.54) is 56.9 Å². The van der Waals surface area contributed by atoms with Crippen LogP contribution in [0.25, 0.3) is 22.3 Å². The van der Waals surface area contributed by atoms with Crippen LogP contribution in [0.15, 0.2) is 66.7 Å². The fourth-order valence-electron chi connectivity index (χ4n) is 7.20. The highest BCUT2D eigenvalue weighted by atomic mass is 28.3. The molecule has 1 N–H and O–H groups in total. The Labute approximate surface area is 282 Å². The van der Waals surface area contributed by atoms with Crippen LogP contribution in [0, 0.1) is 17.6 Å². The first kappa shape index (κ1) is 36.7. The summed E-state index contributed by atoms with van der Waals surface area (Å²) in [5.41, 5.74) is 4.06. The van der Waals surface area contributed by atoms with Crippen LogP contribution in [0.2, 0.25) is 19.1 Å². The summed E-state index contributed by atoms with van der Waals surface area (Å²) >= 11 is 0. The molecule has 6 heteroatoms. The zero-order chi connectivity index (χ0) is 34.0. The maximum Gasteiger partial charge on any atom is 0.333 e. The molecule has 0 bridgehead atoms. The molecule has 1 aliphatic rings. The van der Waals surface area contributed by atoms with Crippen molar-refractivity contribution in [2.75, 3.05) is 6.61 Å². The van der Waals surface area contributed by atoms with Gasteiger partial charge in [-0.3, -0.25) is 0 Å². The number of hydrogen-bond donors (Lipinski definition) is 1. The lowest BCUT2D eigenvalue weighted by Crippen LogP contribution is -2.43. The number of halogens is 2. The van der Waals surface area contributed by atoms with Crippen LogP contribution in [0.5, 0.6) is 0 Å². The highest BCUT2D eigenvalue weighted by Gasteiger charge is 2.27. The van der Waals surface area contributed by atoms with E-state index in [1.807, 2.05) is 30.3 Å². The van der Waals surface area contributed by atoms with Gasteiger partial charge in [-0.15, -0.1) is 0 Å². The van der Waals surface area contributed by atoms with Crippen LogP contribution in [0.1, 0.15) is 102 Å².